The number of nitrogens with one attached hydrogen (secondary N) is 1. The van der Waals surface area contributed by atoms with Gasteiger partial charge in [0.2, 0.25) is 5.91 Å². The lowest BCUT2D eigenvalue weighted by atomic mass is 10.1. The molecule has 0 saturated heterocycles. The van der Waals surface area contributed by atoms with Crippen LogP contribution in [0.1, 0.15) is 45.6 Å². The van der Waals surface area contributed by atoms with Crippen LogP contribution in [0.5, 0.6) is 0 Å². The van der Waals surface area contributed by atoms with Gasteiger partial charge in [-0.15, -0.1) is 11.3 Å². The third-order valence-corrected chi connectivity index (χ3v) is 5.66. The summed E-state index contributed by atoms with van der Waals surface area (Å²) < 4.78 is 0. The quantitative estimate of drug-likeness (QED) is 0.816. The van der Waals surface area contributed by atoms with Gasteiger partial charge in [-0.1, -0.05) is 23.7 Å². The molecule has 1 aliphatic carbocycles. The number of halogens is 1. The number of nitrogens with two attached hydrogens (primary N) is 1. The summed E-state index contributed by atoms with van der Waals surface area (Å²) in [5.74, 6) is -0.530. The molecule has 3 N–H and O–H groups in total. The Labute approximate surface area is 150 Å². The maximum Gasteiger partial charge on any atom is 0.251 e. The third kappa shape index (κ3) is 3.79. The number of rotatable bonds is 6. The van der Waals surface area contributed by atoms with E-state index in [4.69, 9.17) is 17.3 Å². The molecule has 0 saturated carbocycles. The van der Waals surface area contributed by atoms with E-state index < -0.39 is 5.91 Å². The second-order valence-corrected chi connectivity index (χ2v) is 7.50. The number of fused-ring (bicyclic) bond motifs is 1. The fourth-order valence-electron chi connectivity index (χ4n) is 3.05. The fourth-order valence-corrected chi connectivity index (χ4v) is 4.48. The van der Waals surface area contributed by atoms with E-state index in [0.29, 0.717) is 22.0 Å². The minimum Gasteiger partial charge on any atom is -0.365 e. The highest BCUT2D eigenvalue weighted by Crippen LogP contribution is 2.38. The summed E-state index contributed by atoms with van der Waals surface area (Å²) in [5, 5.41) is 4.20. The molecule has 0 fully saturated rings. The van der Waals surface area contributed by atoms with E-state index in [-0.39, 0.29) is 5.91 Å². The van der Waals surface area contributed by atoms with Crippen molar-refractivity contribution in [3.8, 4) is 0 Å². The third-order valence-electron chi connectivity index (χ3n) is 4.20. The van der Waals surface area contributed by atoms with Gasteiger partial charge >= 0.3 is 0 Å². The second kappa shape index (κ2) is 7.36. The van der Waals surface area contributed by atoms with Crippen LogP contribution in [0.4, 0.5) is 5.00 Å². The van der Waals surface area contributed by atoms with Crippen LogP contribution in [-0.2, 0) is 24.1 Å². The summed E-state index contributed by atoms with van der Waals surface area (Å²) in [6.07, 6.45) is 4.85. The first-order chi connectivity index (χ1) is 11.5. The van der Waals surface area contributed by atoms with Crippen LogP contribution >= 0.6 is 22.9 Å². The van der Waals surface area contributed by atoms with E-state index in [0.717, 1.165) is 43.2 Å². The molecule has 0 aliphatic heterocycles. The highest BCUT2D eigenvalue weighted by molar-refractivity contribution is 7.17. The molecule has 0 radical (unpaired) electrons. The molecular formula is C18H19ClN2O2S. The minimum absolute atomic E-state index is 0.0774. The largest absolute Gasteiger partial charge is 0.365 e. The molecule has 0 bridgehead atoms. The van der Waals surface area contributed by atoms with Crippen molar-refractivity contribution in [2.45, 2.75) is 38.5 Å². The normalized spacial score (nSPS) is 12.9. The van der Waals surface area contributed by atoms with Crippen LogP contribution in [0.25, 0.3) is 0 Å². The lowest BCUT2D eigenvalue weighted by molar-refractivity contribution is -0.116. The van der Waals surface area contributed by atoms with Gasteiger partial charge in [0.05, 0.1) is 5.56 Å². The predicted molar refractivity (Wildman–Crippen MR) is 97.9 cm³/mol. The van der Waals surface area contributed by atoms with Gasteiger partial charge < -0.3 is 11.1 Å². The van der Waals surface area contributed by atoms with Crippen molar-refractivity contribution in [3.63, 3.8) is 0 Å². The Hall–Kier alpha value is -1.85. The van der Waals surface area contributed by atoms with Crippen LogP contribution in [0.2, 0.25) is 5.02 Å². The average molecular weight is 363 g/mol. The predicted octanol–water partition coefficient (Wildman–Crippen LogP) is 3.95. The molecule has 1 heterocycles. The fraction of sp³-hybridized carbons (Fsp3) is 0.333. The minimum atomic E-state index is -0.453. The highest BCUT2D eigenvalue weighted by Gasteiger charge is 2.25. The molecule has 1 aromatic carbocycles. The Bertz CT molecular complexity index is 768. The summed E-state index contributed by atoms with van der Waals surface area (Å²) in [6.45, 7) is 0. The van der Waals surface area contributed by atoms with Crippen molar-refractivity contribution in [2.24, 2.45) is 5.73 Å². The number of aryl methyl sites for hydroxylation is 2. The lowest BCUT2D eigenvalue weighted by Gasteiger charge is -2.06. The van der Waals surface area contributed by atoms with Crippen molar-refractivity contribution in [3.05, 3.63) is 50.9 Å². The molecule has 2 aromatic rings. The first-order valence-electron chi connectivity index (χ1n) is 8.03. The number of hydrogen-bond acceptors (Lipinski definition) is 3. The summed E-state index contributed by atoms with van der Waals surface area (Å²) in [5.41, 5.74) is 8.20. The maximum absolute atomic E-state index is 12.2. The molecule has 0 spiro atoms. The Morgan fingerprint density at radius 3 is 2.67 bits per heavy atom. The van der Waals surface area contributed by atoms with Crippen molar-refractivity contribution in [1.82, 2.24) is 0 Å². The summed E-state index contributed by atoms with van der Waals surface area (Å²) in [7, 11) is 0. The van der Waals surface area contributed by atoms with Crippen molar-refractivity contribution in [2.75, 3.05) is 5.32 Å². The van der Waals surface area contributed by atoms with Crippen LogP contribution in [0.15, 0.2) is 24.3 Å². The monoisotopic (exact) mass is 362 g/mol. The Kier molecular flexibility index (Phi) is 5.21. The summed E-state index contributed by atoms with van der Waals surface area (Å²) >= 11 is 7.35. The zero-order valence-electron chi connectivity index (χ0n) is 13.2. The van der Waals surface area contributed by atoms with Gasteiger partial charge in [-0.3, -0.25) is 9.59 Å². The SMILES string of the molecule is NC(=O)c1c(NC(=O)CCCc2ccc(Cl)cc2)sc2c1CCC2. The van der Waals surface area contributed by atoms with Crippen molar-refractivity contribution in [1.29, 1.82) is 0 Å². The number of anilines is 1. The number of carbonyl (C=O) groups is 2. The Morgan fingerprint density at radius 2 is 1.96 bits per heavy atom. The van der Waals surface area contributed by atoms with Gasteiger partial charge in [0.25, 0.3) is 5.91 Å². The number of hydrogen-bond donors (Lipinski definition) is 2. The van der Waals surface area contributed by atoms with E-state index in [9.17, 15) is 9.59 Å². The molecule has 3 rings (SSSR count). The summed E-state index contributed by atoms with van der Waals surface area (Å²) in [6, 6.07) is 7.64. The van der Waals surface area contributed by atoms with E-state index in [1.54, 1.807) is 0 Å². The first kappa shape index (κ1) is 17.0. The number of carbonyl (C=O) groups excluding carboxylic acids is 2. The maximum atomic E-state index is 12.2. The smallest absolute Gasteiger partial charge is 0.251 e. The van der Waals surface area contributed by atoms with Gasteiger partial charge in [-0.25, -0.2) is 0 Å². The topological polar surface area (TPSA) is 72.2 Å². The van der Waals surface area contributed by atoms with Gasteiger partial charge in [0.1, 0.15) is 5.00 Å². The molecule has 1 aliphatic rings. The molecular weight excluding hydrogens is 344 g/mol. The van der Waals surface area contributed by atoms with Gasteiger partial charge in [0, 0.05) is 16.3 Å². The zero-order valence-corrected chi connectivity index (χ0v) is 14.8. The molecule has 24 heavy (non-hydrogen) atoms. The molecule has 0 unspecified atom stereocenters. The Morgan fingerprint density at radius 1 is 1.21 bits per heavy atom. The van der Waals surface area contributed by atoms with Crippen molar-refractivity contribution < 1.29 is 9.59 Å². The van der Waals surface area contributed by atoms with E-state index in [2.05, 4.69) is 5.32 Å². The number of thiophene rings is 1. The summed E-state index contributed by atoms with van der Waals surface area (Å²) in [4.78, 5) is 25.1. The molecule has 4 nitrogen and oxygen atoms in total. The standard InChI is InChI=1S/C18H19ClN2O2S/c19-12-9-7-11(8-10-12)3-1-6-15(22)21-18-16(17(20)23)13-4-2-5-14(13)24-18/h7-10H,1-6H2,(H2,20,23)(H,21,22). The lowest BCUT2D eigenvalue weighted by Crippen LogP contribution is -2.17. The molecule has 1 aromatic heterocycles. The highest BCUT2D eigenvalue weighted by atomic mass is 35.5. The Balaban J connectivity index is 1.57. The molecule has 0 atom stereocenters. The van der Waals surface area contributed by atoms with Crippen LogP contribution < -0.4 is 11.1 Å². The number of benzene rings is 1. The number of primary amides is 1. The van der Waals surface area contributed by atoms with Gasteiger partial charge in [-0.2, -0.15) is 0 Å². The van der Waals surface area contributed by atoms with Crippen LogP contribution in [0, 0.1) is 0 Å². The van der Waals surface area contributed by atoms with E-state index >= 15 is 0 Å². The molecule has 6 heteroatoms. The average Bonchev–Trinajstić information content (AvgIpc) is 3.09. The van der Waals surface area contributed by atoms with E-state index in [1.165, 1.54) is 16.2 Å². The van der Waals surface area contributed by atoms with E-state index in [1.807, 2.05) is 24.3 Å². The van der Waals surface area contributed by atoms with Crippen LogP contribution in [-0.4, -0.2) is 11.8 Å². The first-order valence-corrected chi connectivity index (χ1v) is 9.22. The van der Waals surface area contributed by atoms with Gasteiger partial charge in [0.15, 0.2) is 0 Å². The van der Waals surface area contributed by atoms with Crippen LogP contribution in [0.3, 0.4) is 0 Å². The van der Waals surface area contributed by atoms with Crippen molar-refractivity contribution >= 4 is 39.8 Å². The molecule has 126 valence electrons. The number of amides is 2. The van der Waals surface area contributed by atoms with Gasteiger partial charge in [-0.05, 0) is 55.4 Å². The molecule has 2 amide bonds. The second-order valence-electron chi connectivity index (χ2n) is 5.95. The zero-order chi connectivity index (χ0) is 17.1.